The highest BCUT2D eigenvalue weighted by Crippen LogP contribution is 2.49. The molecule has 1 amide bonds. The molecule has 1 atom stereocenters. The first kappa shape index (κ1) is 16.3. The van der Waals surface area contributed by atoms with Crippen LogP contribution in [0.1, 0.15) is 23.7 Å². The summed E-state index contributed by atoms with van der Waals surface area (Å²) < 4.78 is 65.1. The zero-order valence-corrected chi connectivity index (χ0v) is 11.1. The van der Waals surface area contributed by atoms with Gasteiger partial charge in [-0.15, -0.1) is 0 Å². The molecule has 2 heterocycles. The minimum absolute atomic E-state index is 0.229. The van der Waals surface area contributed by atoms with E-state index in [1.54, 1.807) is 0 Å². The van der Waals surface area contributed by atoms with Crippen molar-refractivity contribution < 1.29 is 31.9 Å². The minimum Gasteiger partial charge on any atom is -0.364 e. The predicted molar refractivity (Wildman–Crippen MR) is 64.1 cm³/mol. The van der Waals surface area contributed by atoms with Gasteiger partial charge in [-0.1, -0.05) is 0 Å². The van der Waals surface area contributed by atoms with Crippen molar-refractivity contribution >= 4 is 11.6 Å². The van der Waals surface area contributed by atoms with Gasteiger partial charge in [0.15, 0.2) is 0 Å². The number of hydrogen-bond acceptors (Lipinski definition) is 4. The first-order valence-corrected chi connectivity index (χ1v) is 5.96. The van der Waals surface area contributed by atoms with Crippen molar-refractivity contribution in [1.82, 2.24) is 9.99 Å². The van der Waals surface area contributed by atoms with Crippen molar-refractivity contribution in [2.75, 3.05) is 0 Å². The monoisotopic (exact) mass is 323 g/mol. The topological polar surface area (TPSA) is 65.8 Å². The number of alkyl halides is 5. The Hall–Kier alpha value is -2.10. The summed E-state index contributed by atoms with van der Waals surface area (Å²) in [6.45, 7) is 1.13. The zero-order chi connectivity index (χ0) is 16.8. The molecule has 0 bridgehead atoms. The lowest BCUT2D eigenvalue weighted by Crippen LogP contribution is -2.64. The molecule has 5 nitrogen and oxygen atoms in total. The third kappa shape index (κ3) is 2.32. The summed E-state index contributed by atoms with van der Waals surface area (Å²) in [5.74, 6) is -6.87. The Kier molecular flexibility index (Phi) is 3.68. The molecule has 10 heteroatoms. The molecule has 0 unspecified atom stereocenters. The number of hydrazone groups is 1. The van der Waals surface area contributed by atoms with Crippen molar-refractivity contribution in [3.05, 3.63) is 30.1 Å². The highest BCUT2D eigenvalue weighted by Gasteiger charge is 2.74. The molecule has 2 rings (SSSR count). The van der Waals surface area contributed by atoms with Crippen LogP contribution < -0.4 is 0 Å². The van der Waals surface area contributed by atoms with Crippen molar-refractivity contribution in [3.63, 3.8) is 0 Å². The van der Waals surface area contributed by atoms with E-state index in [0.29, 0.717) is 0 Å². The number of nitrogens with zero attached hydrogens (tertiary/aromatic N) is 3. The van der Waals surface area contributed by atoms with Crippen molar-refractivity contribution in [1.29, 1.82) is 0 Å². The van der Waals surface area contributed by atoms with Gasteiger partial charge in [-0.2, -0.15) is 32.1 Å². The summed E-state index contributed by atoms with van der Waals surface area (Å²) in [4.78, 5) is 15.7. The Labute approximate surface area is 121 Å². The van der Waals surface area contributed by atoms with Gasteiger partial charge in [-0.3, -0.25) is 9.78 Å². The molecule has 1 N–H and O–H groups in total. The zero-order valence-electron chi connectivity index (χ0n) is 11.1. The maximum absolute atomic E-state index is 13.7. The summed E-state index contributed by atoms with van der Waals surface area (Å²) in [6.07, 6.45) is -4.91. The van der Waals surface area contributed by atoms with E-state index in [-0.39, 0.29) is 16.3 Å². The average molecular weight is 323 g/mol. The number of amides is 1. The molecule has 1 aromatic rings. The van der Waals surface area contributed by atoms with E-state index >= 15 is 0 Å². The summed E-state index contributed by atoms with van der Waals surface area (Å²) in [5.41, 5.74) is -4.33. The molecule has 120 valence electrons. The lowest BCUT2D eigenvalue weighted by Gasteiger charge is -2.38. The highest BCUT2D eigenvalue weighted by molar-refractivity contribution is 5.97. The van der Waals surface area contributed by atoms with Crippen molar-refractivity contribution in [2.24, 2.45) is 5.10 Å². The predicted octanol–water partition coefficient (Wildman–Crippen LogP) is 2.19. The maximum atomic E-state index is 13.7. The Morgan fingerprint density at radius 2 is 2.00 bits per heavy atom. The molecule has 1 aliphatic rings. The molecular formula is C12H10F5N3O2. The van der Waals surface area contributed by atoms with Crippen LogP contribution in [-0.4, -0.2) is 44.5 Å². The van der Waals surface area contributed by atoms with Gasteiger partial charge in [0.1, 0.15) is 0 Å². The normalized spacial score (nSPS) is 22.7. The van der Waals surface area contributed by atoms with E-state index in [1.807, 2.05) is 0 Å². The highest BCUT2D eigenvalue weighted by atomic mass is 19.4. The molecule has 0 radical (unpaired) electrons. The Morgan fingerprint density at radius 3 is 2.50 bits per heavy atom. The van der Waals surface area contributed by atoms with Crippen LogP contribution in [0.4, 0.5) is 22.0 Å². The first-order chi connectivity index (χ1) is 10.0. The number of rotatable bonds is 2. The Bertz CT molecular complexity index is 617. The number of aliphatic hydroxyl groups is 1. The Balaban J connectivity index is 2.47. The quantitative estimate of drug-likeness (QED) is 0.849. The van der Waals surface area contributed by atoms with Gasteiger partial charge < -0.3 is 5.11 Å². The number of halogens is 5. The summed E-state index contributed by atoms with van der Waals surface area (Å²) in [5, 5.41) is 13.0. The minimum atomic E-state index is -6.05. The molecule has 1 aliphatic heterocycles. The fourth-order valence-electron chi connectivity index (χ4n) is 2.02. The van der Waals surface area contributed by atoms with Gasteiger partial charge in [0.05, 0.1) is 5.56 Å². The van der Waals surface area contributed by atoms with E-state index in [1.165, 1.54) is 12.3 Å². The van der Waals surface area contributed by atoms with Gasteiger partial charge in [0, 0.05) is 24.5 Å². The van der Waals surface area contributed by atoms with Crippen LogP contribution in [0, 0.1) is 0 Å². The van der Waals surface area contributed by atoms with E-state index in [2.05, 4.69) is 10.1 Å². The Morgan fingerprint density at radius 1 is 1.36 bits per heavy atom. The second-order valence-electron chi connectivity index (χ2n) is 4.76. The smallest absolute Gasteiger partial charge is 0.364 e. The second-order valence-corrected chi connectivity index (χ2v) is 4.76. The van der Waals surface area contributed by atoms with Crippen LogP contribution in [0.25, 0.3) is 0 Å². The van der Waals surface area contributed by atoms with Crippen LogP contribution in [0.3, 0.4) is 0 Å². The maximum Gasteiger partial charge on any atom is 0.458 e. The van der Waals surface area contributed by atoms with Gasteiger partial charge in [0.25, 0.3) is 5.91 Å². The van der Waals surface area contributed by atoms with E-state index in [0.717, 1.165) is 19.2 Å². The molecule has 0 spiro atoms. The summed E-state index contributed by atoms with van der Waals surface area (Å²) in [6, 6.07) is 2.45. The third-order valence-corrected chi connectivity index (χ3v) is 3.08. The van der Waals surface area contributed by atoms with Gasteiger partial charge in [-0.25, -0.2) is 0 Å². The molecule has 22 heavy (non-hydrogen) atoms. The molecule has 0 saturated heterocycles. The lowest BCUT2D eigenvalue weighted by molar-refractivity contribution is -0.362. The standard InChI is InChI=1S/C12H10F5N3O2/c1-7-5-10(22,11(13,14)12(15,16)17)20(19-7)9(21)8-3-2-4-18-6-8/h2-4,6,22H,5H2,1H3/t10-/m1/s1. The van der Waals surface area contributed by atoms with E-state index < -0.39 is 30.2 Å². The number of aromatic nitrogens is 1. The van der Waals surface area contributed by atoms with E-state index in [4.69, 9.17) is 0 Å². The van der Waals surface area contributed by atoms with Gasteiger partial charge in [0.2, 0.25) is 5.72 Å². The molecule has 1 aromatic heterocycles. The molecule has 0 aliphatic carbocycles. The third-order valence-electron chi connectivity index (χ3n) is 3.08. The van der Waals surface area contributed by atoms with Crippen LogP contribution in [-0.2, 0) is 0 Å². The van der Waals surface area contributed by atoms with Crippen molar-refractivity contribution in [3.8, 4) is 0 Å². The summed E-state index contributed by atoms with van der Waals surface area (Å²) in [7, 11) is 0. The first-order valence-electron chi connectivity index (χ1n) is 5.96. The fraction of sp³-hybridized carbons (Fsp3) is 0.417. The number of carbonyl (C=O) groups excluding carboxylic acids is 1. The molecule has 0 aromatic carbocycles. The largest absolute Gasteiger partial charge is 0.458 e. The average Bonchev–Trinajstić information content (AvgIpc) is 2.74. The van der Waals surface area contributed by atoms with Crippen molar-refractivity contribution in [2.45, 2.75) is 31.2 Å². The summed E-state index contributed by atoms with van der Waals surface area (Å²) >= 11 is 0. The SMILES string of the molecule is CC1=NN(C(=O)c2cccnc2)[C@](O)(C(F)(F)C(F)(F)F)C1. The van der Waals surface area contributed by atoms with Crippen LogP contribution in [0.5, 0.6) is 0 Å². The molecule has 0 saturated carbocycles. The molecule has 0 fully saturated rings. The van der Waals surface area contributed by atoms with Gasteiger partial charge in [-0.05, 0) is 19.1 Å². The van der Waals surface area contributed by atoms with Crippen LogP contribution in [0.2, 0.25) is 0 Å². The van der Waals surface area contributed by atoms with Crippen LogP contribution >= 0.6 is 0 Å². The number of pyridine rings is 1. The lowest BCUT2D eigenvalue weighted by atomic mass is 9.98. The number of carbonyl (C=O) groups is 1. The van der Waals surface area contributed by atoms with Crippen LogP contribution in [0.15, 0.2) is 29.6 Å². The second kappa shape index (κ2) is 4.97. The fourth-order valence-corrected chi connectivity index (χ4v) is 2.02. The van der Waals surface area contributed by atoms with Gasteiger partial charge >= 0.3 is 12.1 Å². The van der Waals surface area contributed by atoms with E-state index in [9.17, 15) is 31.9 Å². The molecular weight excluding hydrogens is 313 g/mol. The number of hydrogen-bond donors (Lipinski definition) is 1.